The van der Waals surface area contributed by atoms with Gasteiger partial charge < -0.3 is 14.5 Å². The number of aryl methyl sites for hydroxylation is 1. The number of hydrogen-bond donors (Lipinski definition) is 0. The standard InChI is InChI=1S/C18H27N7O/c1-16-13-21-25(14-16)7-4-22-2-5-23(6-3-22)17-12-18(20-15-19-17)24-8-10-26-11-9-24/h12-15H,2-11H2,1H3. The molecule has 2 aliphatic rings. The van der Waals surface area contributed by atoms with Gasteiger partial charge in [-0.1, -0.05) is 0 Å². The van der Waals surface area contributed by atoms with E-state index in [0.717, 1.165) is 77.2 Å². The topological polar surface area (TPSA) is 62.6 Å². The lowest BCUT2D eigenvalue weighted by atomic mass is 10.3. The first kappa shape index (κ1) is 17.2. The molecule has 4 rings (SSSR count). The van der Waals surface area contributed by atoms with Crippen LogP contribution in [0.25, 0.3) is 0 Å². The highest BCUT2D eigenvalue weighted by Gasteiger charge is 2.20. The molecule has 4 heterocycles. The third-order valence-corrected chi connectivity index (χ3v) is 5.08. The van der Waals surface area contributed by atoms with Gasteiger partial charge in [-0.25, -0.2) is 9.97 Å². The molecule has 2 aliphatic heterocycles. The largest absolute Gasteiger partial charge is 0.378 e. The highest BCUT2D eigenvalue weighted by Crippen LogP contribution is 2.19. The van der Waals surface area contributed by atoms with E-state index >= 15 is 0 Å². The fourth-order valence-corrected chi connectivity index (χ4v) is 3.51. The zero-order valence-electron chi connectivity index (χ0n) is 15.4. The SMILES string of the molecule is Cc1cnn(CCN2CCN(c3cc(N4CCOCC4)ncn3)CC2)c1. The summed E-state index contributed by atoms with van der Waals surface area (Å²) in [5.41, 5.74) is 1.22. The van der Waals surface area contributed by atoms with E-state index in [4.69, 9.17) is 4.74 Å². The van der Waals surface area contributed by atoms with Crippen LogP contribution in [-0.2, 0) is 11.3 Å². The lowest BCUT2D eigenvalue weighted by Gasteiger charge is -2.35. The number of piperazine rings is 1. The van der Waals surface area contributed by atoms with Gasteiger partial charge in [0.25, 0.3) is 0 Å². The summed E-state index contributed by atoms with van der Waals surface area (Å²) in [5, 5.41) is 4.37. The van der Waals surface area contributed by atoms with Crippen molar-refractivity contribution in [2.45, 2.75) is 13.5 Å². The molecule has 0 N–H and O–H groups in total. The molecule has 2 saturated heterocycles. The van der Waals surface area contributed by atoms with E-state index in [2.05, 4.69) is 49.0 Å². The third-order valence-electron chi connectivity index (χ3n) is 5.08. The monoisotopic (exact) mass is 357 g/mol. The van der Waals surface area contributed by atoms with Crippen molar-refractivity contribution in [3.63, 3.8) is 0 Å². The molecule has 0 bridgehead atoms. The lowest BCUT2D eigenvalue weighted by Crippen LogP contribution is -2.47. The van der Waals surface area contributed by atoms with Crippen LogP contribution in [0.15, 0.2) is 24.8 Å². The van der Waals surface area contributed by atoms with Crippen LogP contribution < -0.4 is 9.80 Å². The summed E-state index contributed by atoms with van der Waals surface area (Å²) < 4.78 is 7.46. The normalized spacial score (nSPS) is 19.1. The molecule has 140 valence electrons. The number of morpholine rings is 1. The van der Waals surface area contributed by atoms with Crippen molar-refractivity contribution < 1.29 is 4.74 Å². The number of ether oxygens (including phenoxy) is 1. The van der Waals surface area contributed by atoms with E-state index in [1.165, 1.54) is 5.56 Å². The molecule has 8 nitrogen and oxygen atoms in total. The zero-order chi connectivity index (χ0) is 17.8. The summed E-state index contributed by atoms with van der Waals surface area (Å²) in [7, 11) is 0. The van der Waals surface area contributed by atoms with E-state index in [0.29, 0.717) is 0 Å². The molecule has 0 unspecified atom stereocenters. The second kappa shape index (κ2) is 8.01. The minimum Gasteiger partial charge on any atom is -0.378 e. The number of hydrogen-bond acceptors (Lipinski definition) is 7. The lowest BCUT2D eigenvalue weighted by molar-refractivity contribution is 0.122. The smallest absolute Gasteiger partial charge is 0.134 e. The Kier molecular flexibility index (Phi) is 5.31. The van der Waals surface area contributed by atoms with Gasteiger partial charge in [-0.05, 0) is 12.5 Å². The first-order chi connectivity index (χ1) is 12.8. The Hall–Kier alpha value is -2.19. The maximum absolute atomic E-state index is 5.43. The second-order valence-corrected chi connectivity index (χ2v) is 6.94. The molecule has 8 heteroatoms. The Morgan fingerprint density at radius 3 is 2.27 bits per heavy atom. The van der Waals surface area contributed by atoms with Gasteiger partial charge >= 0.3 is 0 Å². The quantitative estimate of drug-likeness (QED) is 0.778. The average Bonchev–Trinajstić information content (AvgIpc) is 3.13. The van der Waals surface area contributed by atoms with E-state index in [1.807, 2.05) is 10.9 Å². The Labute approximate surface area is 154 Å². The third kappa shape index (κ3) is 4.13. The van der Waals surface area contributed by atoms with Crippen LogP contribution in [0.1, 0.15) is 5.56 Å². The summed E-state index contributed by atoms with van der Waals surface area (Å²) in [6.07, 6.45) is 5.70. The molecule has 2 fully saturated rings. The van der Waals surface area contributed by atoms with Crippen LogP contribution in [0.3, 0.4) is 0 Å². The van der Waals surface area contributed by atoms with Gasteiger partial charge in [0.1, 0.15) is 18.0 Å². The molecule has 2 aromatic rings. The summed E-state index contributed by atoms with van der Waals surface area (Å²) in [5.74, 6) is 2.04. The Bertz CT molecular complexity index is 705. The maximum Gasteiger partial charge on any atom is 0.134 e. The molecule has 0 radical (unpaired) electrons. The molecule has 0 saturated carbocycles. The molecular formula is C18H27N7O. The summed E-state index contributed by atoms with van der Waals surface area (Å²) in [6, 6.07) is 2.12. The van der Waals surface area contributed by atoms with E-state index < -0.39 is 0 Å². The fraction of sp³-hybridized carbons (Fsp3) is 0.611. The zero-order valence-corrected chi connectivity index (χ0v) is 15.4. The van der Waals surface area contributed by atoms with Crippen LogP contribution in [0.5, 0.6) is 0 Å². The first-order valence-corrected chi connectivity index (χ1v) is 9.39. The highest BCUT2D eigenvalue weighted by atomic mass is 16.5. The summed E-state index contributed by atoms with van der Waals surface area (Å²) >= 11 is 0. The van der Waals surface area contributed by atoms with Crippen LogP contribution in [0.2, 0.25) is 0 Å². The van der Waals surface area contributed by atoms with E-state index in [-0.39, 0.29) is 0 Å². The fourth-order valence-electron chi connectivity index (χ4n) is 3.51. The number of aromatic nitrogens is 4. The van der Waals surface area contributed by atoms with Gasteiger partial charge in [0.15, 0.2) is 0 Å². The Balaban J connectivity index is 1.30. The van der Waals surface area contributed by atoms with Gasteiger partial charge in [0, 0.05) is 58.1 Å². The molecule has 26 heavy (non-hydrogen) atoms. The predicted molar refractivity (Wildman–Crippen MR) is 101 cm³/mol. The van der Waals surface area contributed by atoms with Crippen molar-refractivity contribution in [3.8, 4) is 0 Å². The van der Waals surface area contributed by atoms with Crippen molar-refractivity contribution in [3.05, 3.63) is 30.4 Å². The van der Waals surface area contributed by atoms with Crippen molar-refractivity contribution in [2.75, 3.05) is 68.8 Å². The average molecular weight is 357 g/mol. The maximum atomic E-state index is 5.43. The number of anilines is 2. The van der Waals surface area contributed by atoms with E-state index in [9.17, 15) is 0 Å². The minimum atomic E-state index is 0.772. The van der Waals surface area contributed by atoms with Crippen molar-refractivity contribution in [1.29, 1.82) is 0 Å². The Morgan fingerprint density at radius 2 is 1.62 bits per heavy atom. The van der Waals surface area contributed by atoms with Crippen LogP contribution >= 0.6 is 0 Å². The highest BCUT2D eigenvalue weighted by molar-refractivity contribution is 5.50. The molecule has 0 atom stereocenters. The van der Waals surface area contributed by atoms with Gasteiger partial charge in [0.05, 0.1) is 26.0 Å². The number of rotatable bonds is 5. The predicted octanol–water partition coefficient (Wildman–Crippen LogP) is 0.640. The summed E-state index contributed by atoms with van der Waals surface area (Å²) in [4.78, 5) is 16.1. The van der Waals surface area contributed by atoms with Crippen LogP contribution in [0.4, 0.5) is 11.6 Å². The van der Waals surface area contributed by atoms with Crippen LogP contribution in [-0.4, -0.2) is 83.7 Å². The van der Waals surface area contributed by atoms with Gasteiger partial charge in [-0.15, -0.1) is 0 Å². The second-order valence-electron chi connectivity index (χ2n) is 6.94. The molecular weight excluding hydrogens is 330 g/mol. The van der Waals surface area contributed by atoms with Gasteiger partial charge in [-0.3, -0.25) is 9.58 Å². The van der Waals surface area contributed by atoms with Crippen molar-refractivity contribution >= 4 is 11.6 Å². The van der Waals surface area contributed by atoms with Gasteiger partial charge in [0.2, 0.25) is 0 Å². The molecule has 0 aliphatic carbocycles. The molecule has 2 aromatic heterocycles. The molecule has 0 spiro atoms. The minimum absolute atomic E-state index is 0.772. The van der Waals surface area contributed by atoms with Crippen molar-refractivity contribution in [2.24, 2.45) is 0 Å². The summed E-state index contributed by atoms with van der Waals surface area (Å²) in [6.45, 7) is 11.5. The van der Waals surface area contributed by atoms with Crippen molar-refractivity contribution in [1.82, 2.24) is 24.6 Å². The Morgan fingerprint density at radius 1 is 0.923 bits per heavy atom. The molecule has 0 aromatic carbocycles. The van der Waals surface area contributed by atoms with E-state index in [1.54, 1.807) is 6.33 Å². The number of nitrogens with zero attached hydrogens (tertiary/aromatic N) is 7. The van der Waals surface area contributed by atoms with Crippen LogP contribution in [0, 0.1) is 6.92 Å². The van der Waals surface area contributed by atoms with Gasteiger partial charge in [-0.2, -0.15) is 5.10 Å². The molecule has 0 amide bonds. The first-order valence-electron chi connectivity index (χ1n) is 9.39.